The third-order valence-corrected chi connectivity index (χ3v) is 2.20. The van der Waals surface area contributed by atoms with Crippen molar-refractivity contribution in [2.24, 2.45) is 11.1 Å². The van der Waals surface area contributed by atoms with Crippen LogP contribution in [0.3, 0.4) is 0 Å². The summed E-state index contributed by atoms with van der Waals surface area (Å²) in [7, 11) is 3.62. The van der Waals surface area contributed by atoms with Crippen LogP contribution in [0.5, 0.6) is 0 Å². The summed E-state index contributed by atoms with van der Waals surface area (Å²) in [6, 6.07) is 0. The van der Waals surface area contributed by atoms with Gasteiger partial charge in [-0.1, -0.05) is 13.8 Å². The number of hydrogen-bond donors (Lipinski definition) is 2. The lowest BCUT2D eigenvalue weighted by Crippen LogP contribution is -2.36. The van der Waals surface area contributed by atoms with E-state index in [4.69, 9.17) is 5.73 Å². The molecular formula is C10H23N3O. The molecule has 0 radical (unpaired) electrons. The van der Waals surface area contributed by atoms with E-state index < -0.39 is 0 Å². The molecule has 0 aliphatic rings. The number of nitrogens with one attached hydrogen (secondary N) is 1. The number of amides is 1. The van der Waals surface area contributed by atoms with Crippen LogP contribution in [-0.2, 0) is 4.79 Å². The Labute approximate surface area is 86.8 Å². The summed E-state index contributed by atoms with van der Waals surface area (Å²) in [5, 5.41) is 1.66. The molecule has 4 nitrogen and oxygen atoms in total. The average molecular weight is 201 g/mol. The first-order chi connectivity index (χ1) is 6.37. The fourth-order valence-electron chi connectivity index (χ4n) is 1.27. The molecule has 3 N–H and O–H groups in total. The molecule has 0 aromatic rings. The number of hydrazine groups is 1. The molecule has 0 fully saturated rings. The minimum Gasteiger partial charge on any atom is -0.330 e. The lowest BCUT2D eigenvalue weighted by molar-refractivity contribution is -0.125. The van der Waals surface area contributed by atoms with E-state index in [9.17, 15) is 4.79 Å². The van der Waals surface area contributed by atoms with Crippen molar-refractivity contribution in [3.05, 3.63) is 0 Å². The fourth-order valence-corrected chi connectivity index (χ4v) is 1.27. The molecule has 0 saturated heterocycles. The van der Waals surface area contributed by atoms with Gasteiger partial charge in [0.25, 0.3) is 0 Å². The van der Waals surface area contributed by atoms with Gasteiger partial charge in [-0.15, -0.1) is 0 Å². The van der Waals surface area contributed by atoms with Crippen molar-refractivity contribution in [1.82, 2.24) is 10.4 Å². The van der Waals surface area contributed by atoms with Gasteiger partial charge < -0.3 is 5.73 Å². The lowest BCUT2D eigenvalue weighted by atomic mass is 9.84. The van der Waals surface area contributed by atoms with Gasteiger partial charge in [-0.3, -0.25) is 10.2 Å². The van der Waals surface area contributed by atoms with Crippen LogP contribution in [0, 0.1) is 5.41 Å². The second-order valence-electron chi connectivity index (χ2n) is 4.63. The first kappa shape index (κ1) is 13.4. The van der Waals surface area contributed by atoms with Gasteiger partial charge in [-0.2, -0.15) is 0 Å². The van der Waals surface area contributed by atoms with E-state index in [1.807, 2.05) is 14.1 Å². The van der Waals surface area contributed by atoms with Gasteiger partial charge in [0, 0.05) is 20.5 Å². The van der Waals surface area contributed by atoms with Gasteiger partial charge in [0.15, 0.2) is 0 Å². The molecule has 0 aromatic heterocycles. The third-order valence-electron chi connectivity index (χ3n) is 2.20. The van der Waals surface area contributed by atoms with Gasteiger partial charge in [0.05, 0.1) is 0 Å². The Bertz CT molecular complexity index is 178. The van der Waals surface area contributed by atoms with Crippen molar-refractivity contribution < 1.29 is 4.79 Å². The smallest absolute Gasteiger partial charge is 0.234 e. The maximum absolute atomic E-state index is 11.3. The van der Waals surface area contributed by atoms with Crippen LogP contribution in [0.4, 0.5) is 0 Å². The minimum absolute atomic E-state index is 0.0695. The predicted molar refractivity (Wildman–Crippen MR) is 58.5 cm³/mol. The molecule has 0 aliphatic carbocycles. The summed E-state index contributed by atoms with van der Waals surface area (Å²) in [6.45, 7) is 4.97. The Morgan fingerprint density at radius 1 is 1.36 bits per heavy atom. The van der Waals surface area contributed by atoms with Crippen LogP contribution in [0.2, 0.25) is 0 Å². The summed E-state index contributed by atoms with van der Waals surface area (Å²) in [5.74, 6) is 0.0695. The standard InChI is InChI=1S/C10H23N3O/c1-10(2,7-8-11)6-5-9(14)12-13(3)4/h5-8,11H2,1-4H3,(H,12,14). The van der Waals surface area contributed by atoms with Crippen LogP contribution in [-0.4, -0.2) is 31.6 Å². The van der Waals surface area contributed by atoms with E-state index in [0.717, 1.165) is 12.8 Å². The van der Waals surface area contributed by atoms with Crippen molar-refractivity contribution in [2.45, 2.75) is 33.1 Å². The number of hydrogen-bond acceptors (Lipinski definition) is 3. The highest BCUT2D eigenvalue weighted by Gasteiger charge is 2.18. The highest BCUT2D eigenvalue weighted by molar-refractivity contribution is 5.75. The molecule has 0 saturated carbocycles. The maximum Gasteiger partial charge on any atom is 0.234 e. The van der Waals surface area contributed by atoms with Gasteiger partial charge in [0.1, 0.15) is 0 Å². The van der Waals surface area contributed by atoms with Crippen molar-refractivity contribution >= 4 is 5.91 Å². The summed E-state index contributed by atoms with van der Waals surface area (Å²) >= 11 is 0. The zero-order chi connectivity index (χ0) is 11.2. The van der Waals surface area contributed by atoms with Gasteiger partial charge in [-0.25, -0.2) is 5.01 Å². The van der Waals surface area contributed by atoms with E-state index in [-0.39, 0.29) is 11.3 Å². The SMILES string of the molecule is CN(C)NC(=O)CCC(C)(C)CCN. The van der Waals surface area contributed by atoms with Crippen LogP contribution in [0.15, 0.2) is 0 Å². The van der Waals surface area contributed by atoms with Crippen LogP contribution < -0.4 is 11.2 Å². The monoisotopic (exact) mass is 201 g/mol. The Hall–Kier alpha value is -0.610. The Morgan fingerprint density at radius 3 is 2.36 bits per heavy atom. The molecule has 84 valence electrons. The first-order valence-electron chi connectivity index (χ1n) is 5.04. The summed E-state index contributed by atoms with van der Waals surface area (Å²) in [4.78, 5) is 11.3. The molecule has 0 rings (SSSR count). The quantitative estimate of drug-likeness (QED) is 0.623. The Kier molecular flexibility index (Phi) is 5.72. The lowest BCUT2D eigenvalue weighted by Gasteiger charge is -2.23. The first-order valence-corrected chi connectivity index (χ1v) is 5.04. The van der Waals surface area contributed by atoms with Crippen molar-refractivity contribution in [3.8, 4) is 0 Å². The molecule has 1 amide bonds. The summed E-state index contributed by atoms with van der Waals surface area (Å²) in [6.07, 6.45) is 2.40. The number of carbonyl (C=O) groups excluding carboxylic acids is 1. The summed E-state index contributed by atoms with van der Waals surface area (Å²) < 4.78 is 0. The number of rotatable bonds is 6. The largest absolute Gasteiger partial charge is 0.330 e. The number of nitrogens with two attached hydrogens (primary N) is 1. The van der Waals surface area contributed by atoms with Crippen LogP contribution in [0.1, 0.15) is 33.1 Å². The minimum atomic E-state index is 0.0695. The zero-order valence-electron chi connectivity index (χ0n) is 9.76. The maximum atomic E-state index is 11.3. The molecule has 14 heavy (non-hydrogen) atoms. The molecule has 0 spiro atoms. The fraction of sp³-hybridized carbons (Fsp3) is 0.900. The van der Waals surface area contributed by atoms with Crippen LogP contribution in [0.25, 0.3) is 0 Å². The van der Waals surface area contributed by atoms with Gasteiger partial charge in [0.2, 0.25) is 5.91 Å². The van der Waals surface area contributed by atoms with Crippen molar-refractivity contribution in [1.29, 1.82) is 0 Å². The number of nitrogens with zero attached hydrogens (tertiary/aromatic N) is 1. The van der Waals surface area contributed by atoms with Crippen molar-refractivity contribution in [3.63, 3.8) is 0 Å². The third kappa shape index (κ3) is 6.86. The molecule has 0 heterocycles. The number of carbonyl (C=O) groups is 1. The van der Waals surface area contributed by atoms with E-state index in [1.54, 1.807) is 5.01 Å². The van der Waals surface area contributed by atoms with Crippen molar-refractivity contribution in [2.75, 3.05) is 20.6 Å². The van der Waals surface area contributed by atoms with E-state index in [1.165, 1.54) is 0 Å². The zero-order valence-corrected chi connectivity index (χ0v) is 9.76. The Morgan fingerprint density at radius 2 is 1.93 bits per heavy atom. The highest BCUT2D eigenvalue weighted by Crippen LogP contribution is 2.25. The van der Waals surface area contributed by atoms with E-state index in [0.29, 0.717) is 13.0 Å². The van der Waals surface area contributed by atoms with Gasteiger partial charge in [-0.05, 0) is 24.8 Å². The molecule has 0 unspecified atom stereocenters. The van der Waals surface area contributed by atoms with Crippen LogP contribution >= 0.6 is 0 Å². The molecule has 0 atom stereocenters. The summed E-state index contributed by atoms with van der Waals surface area (Å²) in [5.41, 5.74) is 8.38. The molecule has 0 bridgehead atoms. The second kappa shape index (κ2) is 5.98. The molecule has 0 aromatic carbocycles. The average Bonchev–Trinajstić information content (AvgIpc) is 2.00. The normalized spacial score (nSPS) is 11.9. The van der Waals surface area contributed by atoms with E-state index >= 15 is 0 Å². The predicted octanol–water partition coefficient (Wildman–Crippen LogP) is 0.734. The molecule has 4 heteroatoms. The topological polar surface area (TPSA) is 58.4 Å². The molecule has 0 aliphatic heterocycles. The van der Waals surface area contributed by atoms with Gasteiger partial charge >= 0.3 is 0 Å². The molecular weight excluding hydrogens is 178 g/mol. The Balaban J connectivity index is 3.75. The highest BCUT2D eigenvalue weighted by atomic mass is 16.2. The second-order valence-corrected chi connectivity index (χ2v) is 4.63. The van der Waals surface area contributed by atoms with E-state index in [2.05, 4.69) is 19.3 Å².